The summed E-state index contributed by atoms with van der Waals surface area (Å²) in [6.45, 7) is 1.83. The molecular weight excluding hydrogens is 440 g/mol. The molecule has 11 heteroatoms. The average molecular weight is 459 g/mol. The van der Waals surface area contributed by atoms with Gasteiger partial charge >= 0.3 is 11.7 Å². The third-order valence-corrected chi connectivity index (χ3v) is 7.60. The molecule has 160 valence electrons. The minimum absolute atomic E-state index is 0.127. The van der Waals surface area contributed by atoms with Crippen LogP contribution in [-0.4, -0.2) is 54.4 Å². The number of H-pyrrole nitrogens is 1. The number of nitrogens with one attached hydrogen (secondary N) is 2. The number of rotatable bonds is 6. The van der Waals surface area contributed by atoms with E-state index in [1.54, 1.807) is 6.07 Å². The lowest BCUT2D eigenvalue weighted by Crippen LogP contribution is -2.71. The maximum atomic E-state index is 12.8. The third kappa shape index (κ3) is 4.23. The number of carboxylic acid groups (broad SMARTS) is 1. The van der Waals surface area contributed by atoms with Gasteiger partial charge < -0.3 is 15.4 Å². The van der Waals surface area contributed by atoms with E-state index in [4.69, 9.17) is 0 Å². The van der Waals surface area contributed by atoms with E-state index >= 15 is 0 Å². The van der Waals surface area contributed by atoms with Gasteiger partial charge in [0.15, 0.2) is 0 Å². The van der Waals surface area contributed by atoms with Crippen LogP contribution in [0.3, 0.4) is 0 Å². The summed E-state index contributed by atoms with van der Waals surface area (Å²) in [7, 11) is 0. The van der Waals surface area contributed by atoms with Crippen LogP contribution in [0, 0.1) is 0 Å². The van der Waals surface area contributed by atoms with E-state index in [2.05, 4.69) is 15.3 Å². The van der Waals surface area contributed by atoms with E-state index in [1.807, 2.05) is 37.3 Å². The molecule has 2 unspecified atom stereocenters. The van der Waals surface area contributed by atoms with Crippen LogP contribution in [0.15, 0.2) is 63.0 Å². The molecule has 3 heterocycles. The molecule has 3 atom stereocenters. The molecule has 0 radical (unpaired) electrons. The number of aliphatic carboxylic acids is 1. The summed E-state index contributed by atoms with van der Waals surface area (Å²) < 4.78 is 0. The average Bonchev–Trinajstić information content (AvgIpc) is 2.73. The molecule has 1 aromatic carbocycles. The lowest BCUT2D eigenvalue weighted by atomic mass is 10.0. The van der Waals surface area contributed by atoms with Crippen molar-refractivity contribution in [2.45, 2.75) is 35.0 Å². The van der Waals surface area contributed by atoms with Crippen LogP contribution in [-0.2, 0) is 20.8 Å². The van der Waals surface area contributed by atoms with Crippen LogP contribution in [0.4, 0.5) is 0 Å². The fraction of sp³-hybridized carbons (Fsp3) is 0.250. The number of hydrogen-bond donors (Lipinski definition) is 3. The second-order valence-electron chi connectivity index (χ2n) is 6.94. The van der Waals surface area contributed by atoms with Gasteiger partial charge in [-0.1, -0.05) is 42.1 Å². The first-order valence-electron chi connectivity index (χ1n) is 9.37. The number of benzene rings is 1. The minimum Gasteiger partial charge on any atom is -0.477 e. The number of β-lactam (4-membered cyclic amide) rings is 1. The van der Waals surface area contributed by atoms with Crippen molar-refractivity contribution in [3.63, 3.8) is 0 Å². The van der Waals surface area contributed by atoms with Gasteiger partial charge in [-0.3, -0.25) is 14.5 Å². The zero-order chi connectivity index (χ0) is 22.1. The second-order valence-corrected chi connectivity index (χ2v) is 9.49. The maximum absolute atomic E-state index is 12.8. The summed E-state index contributed by atoms with van der Waals surface area (Å²) in [5.41, 5.74) is 0.152. The van der Waals surface area contributed by atoms with Crippen LogP contribution in [0.1, 0.15) is 12.5 Å². The van der Waals surface area contributed by atoms with Crippen molar-refractivity contribution in [2.75, 3.05) is 0 Å². The van der Waals surface area contributed by atoms with Gasteiger partial charge in [0.2, 0.25) is 5.91 Å². The smallest absolute Gasteiger partial charge is 0.353 e. The molecule has 2 aromatic rings. The topological polar surface area (TPSA) is 132 Å². The molecule has 0 aliphatic carbocycles. The highest BCUT2D eigenvalue weighted by Gasteiger charge is 2.55. The summed E-state index contributed by atoms with van der Waals surface area (Å²) in [6, 6.07) is 9.94. The zero-order valence-electron chi connectivity index (χ0n) is 16.3. The maximum Gasteiger partial charge on any atom is 0.353 e. The largest absolute Gasteiger partial charge is 0.477 e. The van der Waals surface area contributed by atoms with Crippen molar-refractivity contribution in [3.8, 4) is 0 Å². The van der Waals surface area contributed by atoms with Crippen LogP contribution in [0.25, 0.3) is 0 Å². The number of fused-ring (bicyclic) bond motifs is 1. The first-order valence-corrected chi connectivity index (χ1v) is 11.1. The summed E-state index contributed by atoms with van der Waals surface area (Å²) in [5, 5.41) is 12.2. The van der Waals surface area contributed by atoms with Gasteiger partial charge in [0.05, 0.1) is 11.4 Å². The zero-order valence-corrected chi connectivity index (χ0v) is 17.9. The molecule has 0 saturated carbocycles. The molecule has 1 aromatic heterocycles. The van der Waals surface area contributed by atoms with Gasteiger partial charge in [-0.25, -0.2) is 14.6 Å². The van der Waals surface area contributed by atoms with Crippen LogP contribution in [0.2, 0.25) is 0 Å². The molecule has 1 saturated heterocycles. The predicted molar refractivity (Wildman–Crippen MR) is 115 cm³/mol. The first kappa shape index (κ1) is 21.2. The van der Waals surface area contributed by atoms with E-state index in [-0.39, 0.29) is 23.3 Å². The fourth-order valence-electron chi connectivity index (χ4n) is 3.43. The lowest BCUT2D eigenvalue weighted by molar-refractivity contribution is -0.150. The Morgan fingerprint density at radius 3 is 2.68 bits per heavy atom. The number of aromatic amines is 1. The molecule has 9 nitrogen and oxygen atoms in total. The van der Waals surface area contributed by atoms with E-state index in [0.29, 0.717) is 9.93 Å². The van der Waals surface area contributed by atoms with Crippen molar-refractivity contribution >= 4 is 41.3 Å². The Kier molecular flexibility index (Phi) is 5.88. The number of carbonyl (C=O) groups excluding carboxylic acids is 2. The lowest BCUT2D eigenvalue weighted by Gasteiger charge is -2.50. The number of hydrogen-bond acceptors (Lipinski definition) is 7. The number of aromatic nitrogens is 2. The number of carboxylic acids is 1. The van der Waals surface area contributed by atoms with Gasteiger partial charge in [-0.2, -0.15) is 0 Å². The van der Waals surface area contributed by atoms with Crippen molar-refractivity contribution in [1.29, 1.82) is 0 Å². The van der Waals surface area contributed by atoms with Gasteiger partial charge in [0, 0.05) is 16.4 Å². The molecule has 2 amide bonds. The van der Waals surface area contributed by atoms with E-state index < -0.39 is 29.0 Å². The molecule has 4 rings (SSSR count). The van der Waals surface area contributed by atoms with Crippen molar-refractivity contribution in [3.05, 3.63) is 69.2 Å². The second kappa shape index (κ2) is 8.60. The Labute approximate surface area is 185 Å². The van der Waals surface area contributed by atoms with Crippen molar-refractivity contribution < 1.29 is 19.5 Å². The van der Waals surface area contributed by atoms with Crippen LogP contribution < -0.4 is 11.0 Å². The highest BCUT2D eigenvalue weighted by Crippen LogP contribution is 2.48. The Morgan fingerprint density at radius 2 is 2.00 bits per heavy atom. The normalized spacial score (nSPS) is 22.5. The summed E-state index contributed by atoms with van der Waals surface area (Å²) in [4.78, 5) is 56.4. The molecular formula is C20H18N4O5S2. The fourth-order valence-corrected chi connectivity index (χ4v) is 6.02. The standard InChI is InChI=1S/C20H18N4O5S2/c1-10-16(31-13-7-8-21-20(29)23-13)15(19(27)28)24-17(26)14(18(24)30-10)22-12(25)9-11-5-3-2-4-6-11/h2-8,10,14,18H,9H2,1H3,(H,22,25)(H,27,28)(H,21,23,29)/t10?,14?,18-/m1/s1. The molecule has 2 aliphatic rings. The van der Waals surface area contributed by atoms with Gasteiger partial charge in [0.1, 0.15) is 17.1 Å². The Balaban J connectivity index is 1.54. The van der Waals surface area contributed by atoms with Crippen LogP contribution in [0.5, 0.6) is 0 Å². The Bertz CT molecular complexity index is 1130. The molecule has 31 heavy (non-hydrogen) atoms. The molecule has 0 spiro atoms. The third-order valence-electron chi connectivity index (χ3n) is 4.82. The van der Waals surface area contributed by atoms with E-state index in [9.17, 15) is 24.3 Å². The quantitative estimate of drug-likeness (QED) is 0.434. The minimum atomic E-state index is -1.24. The van der Waals surface area contributed by atoms with E-state index in [0.717, 1.165) is 17.3 Å². The summed E-state index contributed by atoms with van der Waals surface area (Å²) >= 11 is 2.47. The van der Waals surface area contributed by atoms with Crippen molar-refractivity contribution in [1.82, 2.24) is 20.2 Å². The van der Waals surface area contributed by atoms with Gasteiger partial charge in [-0.15, -0.1) is 11.8 Å². The van der Waals surface area contributed by atoms with E-state index in [1.165, 1.54) is 22.9 Å². The Hall–Kier alpha value is -3.05. The van der Waals surface area contributed by atoms with Crippen molar-refractivity contribution in [2.24, 2.45) is 0 Å². The highest BCUT2D eigenvalue weighted by atomic mass is 32.2. The number of carbonyl (C=O) groups is 3. The molecule has 1 fully saturated rings. The monoisotopic (exact) mass is 458 g/mol. The van der Waals surface area contributed by atoms with Gasteiger partial charge in [-0.05, 0) is 18.6 Å². The highest BCUT2D eigenvalue weighted by molar-refractivity contribution is 8.06. The Morgan fingerprint density at radius 1 is 1.26 bits per heavy atom. The number of amides is 2. The SMILES string of the molecule is CC1S[C@@H]2C(NC(=O)Cc3ccccc3)C(=O)N2C(C(=O)O)=C1Sc1ccnc(=O)[nH]1. The molecule has 3 N–H and O–H groups in total. The summed E-state index contributed by atoms with van der Waals surface area (Å²) in [5.74, 6) is -2.00. The molecule has 2 aliphatic heterocycles. The molecule has 0 bridgehead atoms. The number of thioether (sulfide) groups is 2. The number of nitrogens with zero attached hydrogens (tertiary/aromatic N) is 2. The first-order chi connectivity index (χ1) is 14.8. The van der Waals surface area contributed by atoms with Gasteiger partial charge in [0.25, 0.3) is 5.91 Å². The summed E-state index contributed by atoms with van der Waals surface area (Å²) in [6.07, 6.45) is 1.47. The predicted octanol–water partition coefficient (Wildman–Crippen LogP) is 1.19. The van der Waals surface area contributed by atoms with Crippen LogP contribution >= 0.6 is 23.5 Å².